The van der Waals surface area contributed by atoms with Gasteiger partial charge < -0.3 is 0 Å². The van der Waals surface area contributed by atoms with E-state index in [1.807, 2.05) is 30.3 Å². The van der Waals surface area contributed by atoms with Gasteiger partial charge in [-0.1, -0.05) is 30.3 Å². The molecule has 0 saturated carbocycles. The van der Waals surface area contributed by atoms with Crippen LogP contribution in [-0.4, -0.2) is 16.4 Å². The van der Waals surface area contributed by atoms with Crippen molar-refractivity contribution in [2.75, 3.05) is 6.26 Å². The summed E-state index contributed by atoms with van der Waals surface area (Å²) in [6.07, 6.45) is 1.60. The van der Waals surface area contributed by atoms with E-state index in [4.69, 9.17) is 4.84 Å². The minimum absolute atomic E-state index is 0.309. The number of hydrogen-bond donors (Lipinski definition) is 1. The highest BCUT2D eigenvalue weighted by Gasteiger charge is 2.06. The van der Waals surface area contributed by atoms with Gasteiger partial charge in [0, 0.05) is 27.5 Å². The Labute approximate surface area is 120 Å². The molecule has 0 spiro atoms. The van der Waals surface area contributed by atoms with Crippen LogP contribution in [0.25, 0.3) is 0 Å². The summed E-state index contributed by atoms with van der Waals surface area (Å²) in [7, 11) is -1.04. The van der Waals surface area contributed by atoms with Gasteiger partial charge in [0.25, 0.3) is 5.91 Å². The Morgan fingerprint density at radius 2 is 1.75 bits per heavy atom. The summed E-state index contributed by atoms with van der Waals surface area (Å²) >= 11 is 0. The second kappa shape index (κ2) is 6.98. The number of amides is 1. The first-order valence-corrected chi connectivity index (χ1v) is 7.62. The molecule has 1 atom stereocenters. The molecular formula is C15H15NO3S. The quantitative estimate of drug-likeness (QED) is 0.859. The molecule has 104 valence electrons. The van der Waals surface area contributed by atoms with E-state index in [1.54, 1.807) is 30.5 Å². The van der Waals surface area contributed by atoms with Crippen LogP contribution in [0.3, 0.4) is 0 Å². The van der Waals surface area contributed by atoms with Crippen LogP contribution in [-0.2, 0) is 22.2 Å². The lowest BCUT2D eigenvalue weighted by Gasteiger charge is -2.06. The summed E-state index contributed by atoms with van der Waals surface area (Å²) in [6, 6.07) is 16.1. The van der Waals surface area contributed by atoms with E-state index in [9.17, 15) is 9.00 Å². The zero-order valence-electron chi connectivity index (χ0n) is 11.0. The molecule has 2 rings (SSSR count). The molecule has 0 radical (unpaired) electrons. The zero-order valence-corrected chi connectivity index (χ0v) is 11.9. The van der Waals surface area contributed by atoms with Gasteiger partial charge in [-0.15, -0.1) is 0 Å². The van der Waals surface area contributed by atoms with Crippen LogP contribution in [0.15, 0.2) is 59.5 Å². The molecule has 0 saturated heterocycles. The second-order valence-corrected chi connectivity index (χ2v) is 5.56. The van der Waals surface area contributed by atoms with Crippen LogP contribution in [0, 0.1) is 0 Å². The van der Waals surface area contributed by atoms with Crippen molar-refractivity contribution in [3.63, 3.8) is 0 Å². The molecule has 0 fully saturated rings. The summed E-state index contributed by atoms with van der Waals surface area (Å²) < 4.78 is 11.2. The van der Waals surface area contributed by atoms with Crippen LogP contribution >= 0.6 is 0 Å². The number of rotatable bonds is 5. The van der Waals surface area contributed by atoms with Crippen LogP contribution in [0.4, 0.5) is 0 Å². The monoisotopic (exact) mass is 289 g/mol. The van der Waals surface area contributed by atoms with Crippen molar-refractivity contribution in [2.45, 2.75) is 11.5 Å². The second-order valence-electron chi connectivity index (χ2n) is 4.18. The zero-order chi connectivity index (χ0) is 14.4. The molecule has 1 unspecified atom stereocenters. The molecule has 1 amide bonds. The fraction of sp³-hybridized carbons (Fsp3) is 0.133. The molecule has 2 aromatic rings. The van der Waals surface area contributed by atoms with Crippen molar-refractivity contribution < 1.29 is 13.8 Å². The lowest BCUT2D eigenvalue weighted by atomic mass is 10.2. The molecule has 0 aliphatic carbocycles. The van der Waals surface area contributed by atoms with E-state index < -0.39 is 10.8 Å². The maximum Gasteiger partial charge on any atom is 0.274 e. The third-order valence-electron chi connectivity index (χ3n) is 2.69. The molecule has 1 N–H and O–H groups in total. The lowest BCUT2D eigenvalue weighted by molar-refractivity contribution is 0.0233. The van der Waals surface area contributed by atoms with Gasteiger partial charge in [0.15, 0.2) is 0 Å². The van der Waals surface area contributed by atoms with Gasteiger partial charge in [-0.25, -0.2) is 5.48 Å². The number of nitrogens with one attached hydrogen (secondary N) is 1. The van der Waals surface area contributed by atoms with E-state index in [0.29, 0.717) is 17.1 Å². The highest BCUT2D eigenvalue weighted by Crippen LogP contribution is 2.07. The Morgan fingerprint density at radius 3 is 2.35 bits per heavy atom. The average Bonchev–Trinajstić information content (AvgIpc) is 2.48. The van der Waals surface area contributed by atoms with E-state index in [2.05, 4.69) is 5.48 Å². The van der Waals surface area contributed by atoms with Gasteiger partial charge >= 0.3 is 0 Å². The standard InChI is InChI=1S/C15H15NO3S/c1-20(18)14-9-7-13(8-10-14)15(17)16-19-11-12-5-3-2-4-6-12/h2-10H,11H2,1H3,(H,16,17). The minimum Gasteiger partial charge on any atom is -0.269 e. The van der Waals surface area contributed by atoms with Crippen LogP contribution < -0.4 is 5.48 Å². The van der Waals surface area contributed by atoms with Crippen molar-refractivity contribution in [2.24, 2.45) is 0 Å². The Bertz CT molecular complexity index is 596. The molecule has 0 aliphatic rings. The number of hydrogen-bond acceptors (Lipinski definition) is 3. The number of benzene rings is 2. The van der Waals surface area contributed by atoms with E-state index >= 15 is 0 Å². The first-order valence-electron chi connectivity index (χ1n) is 6.06. The summed E-state index contributed by atoms with van der Waals surface area (Å²) in [4.78, 5) is 17.6. The van der Waals surface area contributed by atoms with Gasteiger partial charge in [-0.3, -0.25) is 13.8 Å². The Kier molecular flexibility index (Phi) is 5.03. The van der Waals surface area contributed by atoms with Crippen molar-refractivity contribution in [3.8, 4) is 0 Å². The summed E-state index contributed by atoms with van der Waals surface area (Å²) in [5.74, 6) is -0.325. The number of hydroxylamine groups is 1. The predicted octanol–water partition coefficient (Wildman–Crippen LogP) is 2.29. The first-order chi connectivity index (χ1) is 9.66. The largest absolute Gasteiger partial charge is 0.274 e. The van der Waals surface area contributed by atoms with E-state index in [1.165, 1.54) is 0 Å². The minimum atomic E-state index is -1.04. The molecule has 0 heterocycles. The molecule has 0 aromatic heterocycles. The van der Waals surface area contributed by atoms with Crippen LogP contribution in [0.2, 0.25) is 0 Å². The van der Waals surface area contributed by atoms with Gasteiger partial charge in [0.2, 0.25) is 0 Å². The maximum absolute atomic E-state index is 11.8. The Balaban J connectivity index is 1.87. The number of carbonyl (C=O) groups is 1. The molecular weight excluding hydrogens is 274 g/mol. The summed E-state index contributed by atoms with van der Waals surface area (Å²) in [6.45, 7) is 0.309. The molecule has 5 heteroatoms. The third-order valence-corrected chi connectivity index (χ3v) is 3.63. The van der Waals surface area contributed by atoms with Gasteiger partial charge in [-0.05, 0) is 29.8 Å². The molecule has 0 aliphatic heterocycles. The fourth-order valence-electron chi connectivity index (χ4n) is 1.62. The van der Waals surface area contributed by atoms with E-state index in [0.717, 1.165) is 5.56 Å². The highest BCUT2D eigenvalue weighted by molar-refractivity contribution is 7.84. The molecule has 4 nitrogen and oxygen atoms in total. The normalized spacial score (nSPS) is 11.8. The van der Waals surface area contributed by atoms with E-state index in [-0.39, 0.29) is 5.91 Å². The fourth-order valence-corrected chi connectivity index (χ4v) is 2.14. The van der Waals surface area contributed by atoms with Gasteiger partial charge in [-0.2, -0.15) is 0 Å². The Morgan fingerprint density at radius 1 is 1.10 bits per heavy atom. The summed E-state index contributed by atoms with van der Waals surface area (Å²) in [5.41, 5.74) is 3.82. The molecule has 20 heavy (non-hydrogen) atoms. The first kappa shape index (κ1) is 14.4. The van der Waals surface area contributed by atoms with Crippen molar-refractivity contribution in [1.82, 2.24) is 5.48 Å². The lowest BCUT2D eigenvalue weighted by Crippen LogP contribution is -2.23. The molecule has 0 bridgehead atoms. The predicted molar refractivity (Wildman–Crippen MR) is 77.5 cm³/mol. The number of carbonyl (C=O) groups excluding carboxylic acids is 1. The smallest absolute Gasteiger partial charge is 0.269 e. The SMILES string of the molecule is CS(=O)c1ccc(C(=O)NOCc2ccccc2)cc1. The average molecular weight is 289 g/mol. The molecule has 2 aromatic carbocycles. The van der Waals surface area contributed by atoms with Crippen LogP contribution in [0.1, 0.15) is 15.9 Å². The summed E-state index contributed by atoms with van der Waals surface area (Å²) in [5, 5.41) is 0. The van der Waals surface area contributed by atoms with Crippen LogP contribution in [0.5, 0.6) is 0 Å². The Hall–Kier alpha value is -1.98. The topological polar surface area (TPSA) is 55.4 Å². The van der Waals surface area contributed by atoms with Crippen molar-refractivity contribution in [1.29, 1.82) is 0 Å². The van der Waals surface area contributed by atoms with Gasteiger partial charge in [0.05, 0.1) is 6.61 Å². The van der Waals surface area contributed by atoms with Crippen molar-refractivity contribution >= 4 is 16.7 Å². The third kappa shape index (κ3) is 4.01. The maximum atomic E-state index is 11.8. The highest BCUT2D eigenvalue weighted by atomic mass is 32.2. The van der Waals surface area contributed by atoms with Crippen molar-refractivity contribution in [3.05, 3.63) is 65.7 Å². The van der Waals surface area contributed by atoms with Gasteiger partial charge in [0.1, 0.15) is 0 Å².